The van der Waals surface area contributed by atoms with Crippen LogP contribution in [0.15, 0.2) is 48.5 Å². The van der Waals surface area contributed by atoms with Gasteiger partial charge in [-0.25, -0.2) is 4.79 Å². The fourth-order valence-electron chi connectivity index (χ4n) is 1.90. The number of carbonyl (C=O) groups excluding carboxylic acids is 1. The summed E-state index contributed by atoms with van der Waals surface area (Å²) in [5.74, 6) is -0.429. The molecule has 0 unspecified atom stereocenters. The molecule has 0 bridgehead atoms. The third kappa shape index (κ3) is 3.75. The van der Waals surface area contributed by atoms with Crippen molar-refractivity contribution in [2.45, 2.75) is 6.42 Å². The molecular weight excluding hydrogens is 274 g/mol. The fourth-order valence-corrected chi connectivity index (χ4v) is 2.09. The van der Waals surface area contributed by atoms with E-state index >= 15 is 0 Å². The largest absolute Gasteiger partial charge is 0.465 e. The van der Waals surface area contributed by atoms with Gasteiger partial charge >= 0.3 is 5.97 Å². The Labute approximate surface area is 123 Å². The van der Waals surface area contributed by atoms with Crippen LogP contribution >= 0.6 is 11.6 Å². The minimum atomic E-state index is -0.429. The number of methoxy groups -OCH3 is 1. The zero-order valence-corrected chi connectivity index (χ0v) is 12.0. The molecular formula is C16H16ClNO2. The minimum Gasteiger partial charge on any atom is -0.465 e. The molecule has 0 aliphatic carbocycles. The SMILES string of the molecule is COC(=O)c1cc(NCCc2ccccc2)ccc1Cl. The molecule has 0 saturated carbocycles. The maximum atomic E-state index is 11.5. The number of halogens is 1. The molecule has 104 valence electrons. The summed E-state index contributed by atoms with van der Waals surface area (Å²) < 4.78 is 4.69. The third-order valence-corrected chi connectivity index (χ3v) is 3.29. The third-order valence-electron chi connectivity index (χ3n) is 2.96. The number of esters is 1. The maximum absolute atomic E-state index is 11.5. The van der Waals surface area contributed by atoms with Crippen molar-refractivity contribution in [1.82, 2.24) is 0 Å². The van der Waals surface area contributed by atoms with Crippen LogP contribution < -0.4 is 5.32 Å². The Morgan fingerprint density at radius 2 is 1.95 bits per heavy atom. The number of carbonyl (C=O) groups is 1. The second-order valence-electron chi connectivity index (χ2n) is 4.35. The van der Waals surface area contributed by atoms with Gasteiger partial charge in [0.1, 0.15) is 0 Å². The van der Waals surface area contributed by atoms with Crippen LogP contribution in [0, 0.1) is 0 Å². The topological polar surface area (TPSA) is 38.3 Å². The number of hydrogen-bond donors (Lipinski definition) is 1. The predicted molar refractivity (Wildman–Crippen MR) is 81.4 cm³/mol. The highest BCUT2D eigenvalue weighted by Gasteiger charge is 2.11. The number of ether oxygens (including phenoxy) is 1. The Morgan fingerprint density at radius 1 is 1.20 bits per heavy atom. The number of benzene rings is 2. The van der Waals surface area contributed by atoms with Crippen molar-refractivity contribution in [2.24, 2.45) is 0 Å². The van der Waals surface area contributed by atoms with Crippen LogP contribution in [0.5, 0.6) is 0 Å². The predicted octanol–water partition coefficient (Wildman–Crippen LogP) is 3.78. The summed E-state index contributed by atoms with van der Waals surface area (Å²) in [6, 6.07) is 15.5. The lowest BCUT2D eigenvalue weighted by atomic mass is 10.1. The lowest BCUT2D eigenvalue weighted by Crippen LogP contribution is -2.07. The Morgan fingerprint density at radius 3 is 2.65 bits per heavy atom. The fraction of sp³-hybridized carbons (Fsp3) is 0.188. The van der Waals surface area contributed by atoms with Crippen LogP contribution in [0.1, 0.15) is 15.9 Å². The quantitative estimate of drug-likeness (QED) is 0.851. The second-order valence-corrected chi connectivity index (χ2v) is 4.76. The van der Waals surface area contributed by atoms with E-state index in [-0.39, 0.29) is 0 Å². The molecule has 0 saturated heterocycles. The summed E-state index contributed by atoms with van der Waals surface area (Å²) in [5, 5.41) is 3.67. The van der Waals surface area contributed by atoms with Crippen molar-refractivity contribution >= 4 is 23.3 Å². The van der Waals surface area contributed by atoms with Gasteiger partial charge in [0.05, 0.1) is 17.7 Å². The first-order chi connectivity index (χ1) is 9.70. The Balaban J connectivity index is 1.98. The van der Waals surface area contributed by atoms with Gasteiger partial charge in [0.2, 0.25) is 0 Å². The van der Waals surface area contributed by atoms with E-state index in [1.165, 1.54) is 12.7 Å². The van der Waals surface area contributed by atoms with Gasteiger partial charge in [-0.2, -0.15) is 0 Å². The van der Waals surface area contributed by atoms with E-state index in [0.29, 0.717) is 10.6 Å². The van der Waals surface area contributed by atoms with Crippen LogP contribution in [0.2, 0.25) is 5.02 Å². The first kappa shape index (κ1) is 14.4. The van der Waals surface area contributed by atoms with Crippen LogP contribution in [0.3, 0.4) is 0 Å². The summed E-state index contributed by atoms with van der Waals surface area (Å²) in [5.41, 5.74) is 2.49. The zero-order valence-electron chi connectivity index (χ0n) is 11.2. The van der Waals surface area contributed by atoms with Gasteiger partial charge in [-0.3, -0.25) is 0 Å². The van der Waals surface area contributed by atoms with E-state index in [1.54, 1.807) is 12.1 Å². The van der Waals surface area contributed by atoms with Gasteiger partial charge in [0, 0.05) is 12.2 Å². The van der Waals surface area contributed by atoms with Gasteiger partial charge in [-0.05, 0) is 30.2 Å². The number of rotatable bonds is 5. The smallest absolute Gasteiger partial charge is 0.339 e. The monoisotopic (exact) mass is 289 g/mol. The minimum absolute atomic E-state index is 0.374. The van der Waals surface area contributed by atoms with Crippen molar-refractivity contribution in [3.05, 3.63) is 64.7 Å². The lowest BCUT2D eigenvalue weighted by molar-refractivity contribution is 0.0601. The molecule has 0 atom stereocenters. The summed E-state index contributed by atoms with van der Waals surface area (Å²) in [6.45, 7) is 0.784. The molecule has 0 aliphatic heterocycles. The normalized spacial score (nSPS) is 10.1. The Hall–Kier alpha value is -2.00. The molecule has 0 fully saturated rings. The van der Waals surface area contributed by atoms with Crippen LogP contribution in [-0.2, 0) is 11.2 Å². The van der Waals surface area contributed by atoms with E-state index in [2.05, 4.69) is 17.4 Å². The standard InChI is InChI=1S/C16H16ClNO2/c1-20-16(19)14-11-13(7-8-15(14)17)18-10-9-12-5-3-2-4-6-12/h2-8,11,18H,9-10H2,1H3. The van der Waals surface area contributed by atoms with Crippen molar-refractivity contribution in [1.29, 1.82) is 0 Å². The summed E-state index contributed by atoms with van der Waals surface area (Å²) in [4.78, 5) is 11.5. The number of nitrogens with one attached hydrogen (secondary N) is 1. The second kappa shape index (κ2) is 6.96. The Bertz CT molecular complexity index is 584. The van der Waals surface area contributed by atoms with E-state index in [9.17, 15) is 4.79 Å². The highest BCUT2D eigenvalue weighted by atomic mass is 35.5. The molecule has 0 aliphatic rings. The first-order valence-corrected chi connectivity index (χ1v) is 6.74. The molecule has 2 rings (SSSR count). The molecule has 2 aromatic rings. The summed E-state index contributed by atoms with van der Waals surface area (Å²) >= 11 is 5.97. The van der Waals surface area contributed by atoms with Crippen LogP contribution in [0.4, 0.5) is 5.69 Å². The van der Waals surface area contributed by atoms with E-state index < -0.39 is 5.97 Å². The average Bonchev–Trinajstić information content (AvgIpc) is 2.49. The zero-order chi connectivity index (χ0) is 14.4. The van der Waals surface area contributed by atoms with Gasteiger partial charge in [-0.15, -0.1) is 0 Å². The first-order valence-electron chi connectivity index (χ1n) is 6.36. The van der Waals surface area contributed by atoms with Crippen molar-refractivity contribution < 1.29 is 9.53 Å². The maximum Gasteiger partial charge on any atom is 0.339 e. The average molecular weight is 290 g/mol. The van der Waals surface area contributed by atoms with E-state index in [0.717, 1.165) is 18.7 Å². The molecule has 2 aromatic carbocycles. The van der Waals surface area contributed by atoms with Gasteiger partial charge in [0.25, 0.3) is 0 Å². The summed E-state index contributed by atoms with van der Waals surface area (Å²) in [7, 11) is 1.34. The highest BCUT2D eigenvalue weighted by Crippen LogP contribution is 2.21. The molecule has 4 heteroatoms. The van der Waals surface area contributed by atoms with E-state index in [4.69, 9.17) is 16.3 Å². The lowest BCUT2D eigenvalue weighted by Gasteiger charge is -2.09. The molecule has 0 heterocycles. The number of hydrogen-bond acceptors (Lipinski definition) is 3. The van der Waals surface area contributed by atoms with E-state index in [1.807, 2.05) is 24.3 Å². The van der Waals surface area contributed by atoms with Crippen LogP contribution in [0.25, 0.3) is 0 Å². The van der Waals surface area contributed by atoms with Crippen molar-refractivity contribution in [2.75, 3.05) is 19.0 Å². The van der Waals surface area contributed by atoms with Gasteiger partial charge < -0.3 is 10.1 Å². The molecule has 0 radical (unpaired) electrons. The molecule has 20 heavy (non-hydrogen) atoms. The molecule has 1 N–H and O–H groups in total. The highest BCUT2D eigenvalue weighted by molar-refractivity contribution is 6.33. The Kier molecular flexibility index (Phi) is 5.02. The molecule has 0 spiro atoms. The molecule has 3 nitrogen and oxygen atoms in total. The van der Waals surface area contributed by atoms with Crippen molar-refractivity contribution in [3.8, 4) is 0 Å². The van der Waals surface area contributed by atoms with Gasteiger partial charge in [0.15, 0.2) is 0 Å². The van der Waals surface area contributed by atoms with Crippen LogP contribution in [-0.4, -0.2) is 19.6 Å². The van der Waals surface area contributed by atoms with Gasteiger partial charge in [-0.1, -0.05) is 41.9 Å². The molecule has 0 aromatic heterocycles. The molecule has 0 amide bonds. The number of anilines is 1. The van der Waals surface area contributed by atoms with Crippen molar-refractivity contribution in [3.63, 3.8) is 0 Å². The summed E-state index contributed by atoms with van der Waals surface area (Å²) in [6.07, 6.45) is 0.914.